The molecule has 136 valence electrons. The Hall–Kier alpha value is -2.15. The summed E-state index contributed by atoms with van der Waals surface area (Å²) in [6.45, 7) is 3.44. The van der Waals surface area contributed by atoms with Crippen molar-refractivity contribution in [1.82, 2.24) is 9.80 Å². The van der Waals surface area contributed by atoms with Gasteiger partial charge in [-0.2, -0.15) is 0 Å². The third-order valence-electron chi connectivity index (χ3n) is 5.17. The topological polar surface area (TPSA) is 75.9 Å². The molecule has 2 heterocycles. The fourth-order valence-corrected chi connectivity index (χ4v) is 3.55. The summed E-state index contributed by atoms with van der Waals surface area (Å²) in [7, 11) is 2.10. The Morgan fingerprint density at radius 2 is 1.68 bits per heavy atom. The minimum absolute atomic E-state index is 0.0583. The monoisotopic (exact) mass is 347 g/mol. The lowest BCUT2D eigenvalue weighted by molar-refractivity contribution is -0.384. The van der Waals surface area contributed by atoms with Crippen molar-refractivity contribution in [3.63, 3.8) is 0 Å². The van der Waals surface area contributed by atoms with Crippen LogP contribution in [-0.4, -0.2) is 60.0 Å². The van der Waals surface area contributed by atoms with Gasteiger partial charge in [-0.15, -0.1) is 0 Å². The van der Waals surface area contributed by atoms with E-state index in [1.807, 2.05) is 4.90 Å². The van der Waals surface area contributed by atoms with Crippen LogP contribution in [0.4, 0.5) is 5.69 Å². The quantitative estimate of drug-likeness (QED) is 0.617. The lowest BCUT2D eigenvalue weighted by Crippen LogP contribution is -2.46. The first-order chi connectivity index (χ1) is 12.0. The van der Waals surface area contributed by atoms with Crippen molar-refractivity contribution < 1.29 is 14.5 Å². The third-order valence-corrected chi connectivity index (χ3v) is 5.17. The number of ether oxygens (including phenoxy) is 1. The number of nitro benzene ring substituents is 1. The average Bonchev–Trinajstić information content (AvgIpc) is 2.63. The van der Waals surface area contributed by atoms with Gasteiger partial charge in [-0.25, -0.2) is 0 Å². The standard InChI is InChI=1S/C18H25N3O4/c1-19-10-6-14(7-11-19)18(22)20-12-8-17(9-13-20)25-16-4-2-15(3-5-16)21(23)24/h2-5,14,17H,6-13H2,1H3. The Labute approximate surface area is 147 Å². The summed E-state index contributed by atoms with van der Waals surface area (Å²) in [5.74, 6) is 1.11. The zero-order valence-electron chi connectivity index (χ0n) is 14.6. The van der Waals surface area contributed by atoms with Gasteiger partial charge in [0.15, 0.2) is 0 Å². The van der Waals surface area contributed by atoms with E-state index in [4.69, 9.17) is 4.74 Å². The number of carbonyl (C=O) groups excluding carboxylic acids is 1. The second-order valence-electron chi connectivity index (χ2n) is 6.97. The van der Waals surface area contributed by atoms with Crippen LogP contribution >= 0.6 is 0 Å². The molecule has 7 heteroatoms. The molecule has 0 unspecified atom stereocenters. The molecule has 0 saturated carbocycles. The molecule has 1 aromatic carbocycles. The highest BCUT2D eigenvalue weighted by molar-refractivity contribution is 5.79. The minimum atomic E-state index is -0.420. The van der Waals surface area contributed by atoms with Gasteiger partial charge in [-0.05, 0) is 45.1 Å². The van der Waals surface area contributed by atoms with Crippen molar-refractivity contribution in [3.8, 4) is 5.75 Å². The molecule has 0 aliphatic carbocycles. The van der Waals surface area contributed by atoms with Crippen molar-refractivity contribution in [3.05, 3.63) is 34.4 Å². The van der Waals surface area contributed by atoms with Gasteiger partial charge in [0.1, 0.15) is 11.9 Å². The van der Waals surface area contributed by atoms with Crippen LogP contribution in [0.3, 0.4) is 0 Å². The van der Waals surface area contributed by atoms with E-state index < -0.39 is 4.92 Å². The van der Waals surface area contributed by atoms with Gasteiger partial charge in [0.05, 0.1) is 4.92 Å². The lowest BCUT2D eigenvalue weighted by atomic mass is 9.94. The van der Waals surface area contributed by atoms with E-state index in [1.54, 1.807) is 12.1 Å². The molecule has 0 aromatic heterocycles. The van der Waals surface area contributed by atoms with Crippen LogP contribution < -0.4 is 4.74 Å². The molecule has 1 amide bonds. The van der Waals surface area contributed by atoms with Crippen molar-refractivity contribution in [1.29, 1.82) is 0 Å². The summed E-state index contributed by atoms with van der Waals surface area (Å²) in [4.78, 5) is 27.1. The van der Waals surface area contributed by atoms with Crippen LogP contribution in [-0.2, 0) is 4.79 Å². The molecule has 25 heavy (non-hydrogen) atoms. The van der Waals surface area contributed by atoms with E-state index in [0.29, 0.717) is 11.7 Å². The molecule has 1 aromatic rings. The fraction of sp³-hybridized carbons (Fsp3) is 0.611. The van der Waals surface area contributed by atoms with E-state index in [0.717, 1.165) is 51.9 Å². The highest BCUT2D eigenvalue weighted by atomic mass is 16.6. The van der Waals surface area contributed by atoms with E-state index in [-0.39, 0.29) is 17.7 Å². The molecular weight excluding hydrogens is 322 g/mol. The van der Waals surface area contributed by atoms with E-state index in [1.165, 1.54) is 12.1 Å². The summed E-state index contributed by atoms with van der Waals surface area (Å²) in [5, 5.41) is 10.7. The van der Waals surface area contributed by atoms with Crippen LogP contribution in [0.5, 0.6) is 5.75 Å². The normalized spacial score (nSPS) is 20.4. The maximum Gasteiger partial charge on any atom is 0.269 e. The number of piperidine rings is 2. The molecule has 2 saturated heterocycles. The summed E-state index contributed by atoms with van der Waals surface area (Å²) < 4.78 is 5.91. The first-order valence-corrected chi connectivity index (χ1v) is 8.91. The molecule has 0 N–H and O–H groups in total. The smallest absolute Gasteiger partial charge is 0.269 e. The van der Waals surface area contributed by atoms with Gasteiger partial charge >= 0.3 is 0 Å². The number of hydrogen-bond acceptors (Lipinski definition) is 5. The summed E-state index contributed by atoms with van der Waals surface area (Å²) in [5.41, 5.74) is 0.0610. The number of amides is 1. The molecule has 0 spiro atoms. The first kappa shape index (κ1) is 17.7. The molecule has 2 fully saturated rings. The fourth-order valence-electron chi connectivity index (χ4n) is 3.55. The molecule has 3 rings (SSSR count). The minimum Gasteiger partial charge on any atom is -0.490 e. The summed E-state index contributed by atoms with van der Waals surface area (Å²) in [6.07, 6.45) is 3.57. The number of nitro groups is 1. The highest BCUT2D eigenvalue weighted by Crippen LogP contribution is 2.24. The molecule has 0 atom stereocenters. The Balaban J connectivity index is 1.46. The van der Waals surface area contributed by atoms with E-state index in [2.05, 4.69) is 11.9 Å². The SMILES string of the molecule is CN1CCC(C(=O)N2CCC(Oc3ccc([N+](=O)[O-])cc3)CC2)CC1. The third kappa shape index (κ3) is 4.48. The molecule has 7 nitrogen and oxygen atoms in total. The Morgan fingerprint density at radius 3 is 2.24 bits per heavy atom. The van der Waals surface area contributed by atoms with Gasteiger partial charge in [0, 0.05) is 44.0 Å². The molecule has 2 aliphatic heterocycles. The number of hydrogen-bond donors (Lipinski definition) is 0. The Kier molecular flexibility index (Phi) is 5.53. The number of rotatable bonds is 4. The Bertz CT molecular complexity index is 603. The van der Waals surface area contributed by atoms with E-state index >= 15 is 0 Å². The van der Waals surface area contributed by atoms with Gasteiger partial charge in [-0.3, -0.25) is 14.9 Å². The highest BCUT2D eigenvalue weighted by Gasteiger charge is 2.30. The largest absolute Gasteiger partial charge is 0.490 e. The predicted molar refractivity (Wildman–Crippen MR) is 93.5 cm³/mol. The molecule has 0 bridgehead atoms. The Morgan fingerprint density at radius 1 is 1.08 bits per heavy atom. The molecule has 0 radical (unpaired) electrons. The van der Waals surface area contributed by atoms with Crippen LogP contribution in [0.2, 0.25) is 0 Å². The van der Waals surface area contributed by atoms with E-state index in [9.17, 15) is 14.9 Å². The predicted octanol–water partition coefficient (Wildman–Crippen LogP) is 2.31. The first-order valence-electron chi connectivity index (χ1n) is 8.91. The summed E-state index contributed by atoms with van der Waals surface area (Å²) >= 11 is 0. The average molecular weight is 347 g/mol. The van der Waals surface area contributed by atoms with Crippen LogP contribution in [0.1, 0.15) is 25.7 Å². The van der Waals surface area contributed by atoms with Crippen LogP contribution in [0, 0.1) is 16.0 Å². The van der Waals surface area contributed by atoms with Gasteiger partial charge in [0.2, 0.25) is 5.91 Å². The van der Waals surface area contributed by atoms with Gasteiger partial charge in [-0.1, -0.05) is 0 Å². The maximum absolute atomic E-state index is 12.6. The lowest BCUT2D eigenvalue weighted by Gasteiger charge is -2.36. The number of benzene rings is 1. The number of nitrogens with zero attached hydrogens (tertiary/aromatic N) is 3. The zero-order chi connectivity index (χ0) is 17.8. The number of carbonyl (C=O) groups is 1. The van der Waals surface area contributed by atoms with Gasteiger partial charge < -0.3 is 14.5 Å². The molecule has 2 aliphatic rings. The second-order valence-corrected chi connectivity index (χ2v) is 6.97. The second kappa shape index (κ2) is 7.82. The maximum atomic E-state index is 12.6. The number of likely N-dealkylation sites (tertiary alicyclic amines) is 2. The van der Waals surface area contributed by atoms with Crippen LogP contribution in [0.25, 0.3) is 0 Å². The van der Waals surface area contributed by atoms with Crippen LogP contribution in [0.15, 0.2) is 24.3 Å². The summed E-state index contributed by atoms with van der Waals surface area (Å²) in [6, 6.07) is 6.17. The van der Waals surface area contributed by atoms with Gasteiger partial charge in [0.25, 0.3) is 5.69 Å². The van der Waals surface area contributed by atoms with Crippen molar-refractivity contribution >= 4 is 11.6 Å². The van der Waals surface area contributed by atoms with Crippen molar-refractivity contribution in [2.24, 2.45) is 5.92 Å². The zero-order valence-corrected chi connectivity index (χ0v) is 14.6. The molecular formula is C18H25N3O4. The number of non-ortho nitro benzene ring substituents is 1. The van der Waals surface area contributed by atoms with Crippen molar-refractivity contribution in [2.75, 3.05) is 33.2 Å². The van der Waals surface area contributed by atoms with Crippen molar-refractivity contribution in [2.45, 2.75) is 31.8 Å².